The highest BCUT2D eigenvalue weighted by Crippen LogP contribution is 2.57. The molecule has 1 saturated carbocycles. The smallest absolute Gasteiger partial charge is 0.243 e. The minimum absolute atomic E-state index is 0.0256. The number of hydrogen-bond acceptors (Lipinski definition) is 7. The van der Waals surface area contributed by atoms with E-state index in [2.05, 4.69) is 45.1 Å². The van der Waals surface area contributed by atoms with Crippen LogP contribution < -0.4 is 15.8 Å². The standard InChI is InChI=1S/C26H32ClN5O3S/c1-25-15-21(35-14-13-32-36(33,34)22-16-30-24(28)31-17-22)8-5-18(25)9-12-29-23(25)26(10-2-11-26)19-3-6-20(27)7-4-19/h3-8,16-17,23,29,32H,2,9-15H2,1H3,(H2,28,30,31). The minimum Gasteiger partial charge on any atom is -0.497 e. The lowest BCUT2D eigenvalue weighted by Gasteiger charge is -2.58. The number of halogens is 1. The number of rotatable bonds is 8. The summed E-state index contributed by atoms with van der Waals surface area (Å²) in [6.07, 6.45) is 11.9. The first-order valence-electron chi connectivity index (χ1n) is 12.3. The van der Waals surface area contributed by atoms with Gasteiger partial charge in [-0.15, -0.1) is 0 Å². The molecule has 5 rings (SSSR count). The Balaban J connectivity index is 1.26. The first kappa shape index (κ1) is 25.2. The van der Waals surface area contributed by atoms with Gasteiger partial charge in [-0.05, 0) is 49.6 Å². The number of anilines is 1. The number of nitrogens with zero attached hydrogens (tertiary/aromatic N) is 2. The van der Waals surface area contributed by atoms with Crippen molar-refractivity contribution in [3.05, 3.63) is 70.7 Å². The highest BCUT2D eigenvalue weighted by molar-refractivity contribution is 7.89. The minimum atomic E-state index is -3.73. The van der Waals surface area contributed by atoms with Crippen LogP contribution in [0.3, 0.4) is 0 Å². The van der Waals surface area contributed by atoms with Crippen molar-refractivity contribution in [3.63, 3.8) is 0 Å². The van der Waals surface area contributed by atoms with Gasteiger partial charge in [-0.1, -0.05) is 48.7 Å². The van der Waals surface area contributed by atoms with Gasteiger partial charge in [0.15, 0.2) is 0 Å². The molecule has 2 aromatic rings. The maximum atomic E-state index is 12.5. The number of nitrogens with two attached hydrogens (primary N) is 1. The molecule has 0 spiro atoms. The number of ether oxygens (including phenoxy) is 1. The third-order valence-electron chi connectivity index (χ3n) is 7.98. The van der Waals surface area contributed by atoms with E-state index in [0.29, 0.717) is 0 Å². The van der Waals surface area contributed by atoms with Crippen molar-refractivity contribution < 1.29 is 13.2 Å². The van der Waals surface area contributed by atoms with Crippen LogP contribution in [0.1, 0.15) is 44.6 Å². The van der Waals surface area contributed by atoms with Crippen LogP contribution in [-0.2, 0) is 20.2 Å². The molecule has 192 valence electrons. The number of nitrogens with one attached hydrogen (secondary N) is 2. The quantitative estimate of drug-likeness (QED) is 0.446. The molecule has 1 aliphatic heterocycles. The largest absolute Gasteiger partial charge is 0.497 e. The van der Waals surface area contributed by atoms with E-state index in [1.54, 1.807) is 0 Å². The molecular formula is C26H32ClN5O3S. The summed E-state index contributed by atoms with van der Waals surface area (Å²) in [6, 6.07) is 8.62. The zero-order chi connectivity index (χ0) is 25.4. The number of hydrogen-bond donors (Lipinski definition) is 3. The zero-order valence-corrected chi connectivity index (χ0v) is 21.9. The molecule has 4 N–H and O–H groups in total. The molecule has 0 bridgehead atoms. The van der Waals surface area contributed by atoms with Gasteiger partial charge in [0.25, 0.3) is 0 Å². The zero-order valence-electron chi connectivity index (χ0n) is 20.3. The molecule has 2 heterocycles. The predicted molar refractivity (Wildman–Crippen MR) is 140 cm³/mol. The molecule has 8 nitrogen and oxygen atoms in total. The lowest BCUT2D eigenvalue weighted by atomic mass is 9.51. The lowest BCUT2D eigenvalue weighted by molar-refractivity contribution is 0.0586. The summed E-state index contributed by atoms with van der Waals surface area (Å²) < 4.78 is 33.5. The third kappa shape index (κ3) is 4.65. The van der Waals surface area contributed by atoms with Gasteiger partial charge in [0.2, 0.25) is 16.0 Å². The fourth-order valence-electron chi connectivity index (χ4n) is 6.05. The Morgan fingerprint density at radius 2 is 1.92 bits per heavy atom. The summed E-state index contributed by atoms with van der Waals surface area (Å²) in [4.78, 5) is 7.46. The van der Waals surface area contributed by atoms with Crippen molar-refractivity contribution in [3.8, 4) is 0 Å². The first-order valence-corrected chi connectivity index (χ1v) is 14.2. The van der Waals surface area contributed by atoms with E-state index in [9.17, 15) is 8.42 Å². The van der Waals surface area contributed by atoms with Crippen molar-refractivity contribution in [2.45, 2.75) is 55.4 Å². The molecule has 36 heavy (non-hydrogen) atoms. The van der Waals surface area contributed by atoms with Crippen LogP contribution in [0.25, 0.3) is 0 Å². The van der Waals surface area contributed by atoms with Crippen molar-refractivity contribution >= 4 is 27.6 Å². The van der Waals surface area contributed by atoms with Gasteiger partial charge >= 0.3 is 0 Å². The molecule has 0 amide bonds. The predicted octanol–water partition coefficient (Wildman–Crippen LogP) is 3.71. The van der Waals surface area contributed by atoms with Gasteiger partial charge < -0.3 is 15.8 Å². The summed E-state index contributed by atoms with van der Waals surface area (Å²) in [7, 11) is -3.73. The molecule has 0 radical (unpaired) electrons. The normalized spacial score (nSPS) is 25.2. The molecule has 1 saturated heterocycles. The summed E-state index contributed by atoms with van der Waals surface area (Å²) in [5, 5.41) is 4.63. The molecule has 2 fully saturated rings. The molecule has 1 aromatic heterocycles. The molecule has 2 unspecified atom stereocenters. The number of fused-ring (bicyclic) bond motifs is 1. The van der Waals surface area contributed by atoms with Gasteiger partial charge in [0, 0.05) is 34.9 Å². The number of sulfonamides is 1. The maximum absolute atomic E-state index is 12.5. The van der Waals surface area contributed by atoms with Gasteiger partial charge in [0.1, 0.15) is 11.5 Å². The molecule has 3 aliphatic rings. The topological polar surface area (TPSA) is 119 Å². The Hall–Kier alpha value is -2.46. The molecule has 1 aromatic carbocycles. The van der Waals surface area contributed by atoms with Crippen molar-refractivity contribution in [1.82, 2.24) is 20.0 Å². The van der Waals surface area contributed by atoms with E-state index < -0.39 is 10.0 Å². The number of piperidine rings is 1. The van der Waals surface area contributed by atoms with Gasteiger partial charge in [0.05, 0.1) is 18.2 Å². The summed E-state index contributed by atoms with van der Waals surface area (Å²) >= 11 is 6.19. The van der Waals surface area contributed by atoms with E-state index in [0.717, 1.165) is 43.0 Å². The Morgan fingerprint density at radius 3 is 2.58 bits per heavy atom. The van der Waals surface area contributed by atoms with Crippen LogP contribution in [0.15, 0.2) is 65.0 Å². The number of nitrogen functional groups attached to an aromatic ring is 1. The van der Waals surface area contributed by atoms with E-state index in [1.807, 2.05) is 18.2 Å². The second-order valence-corrected chi connectivity index (χ2v) is 12.3. The fourth-order valence-corrected chi connectivity index (χ4v) is 7.07. The van der Waals surface area contributed by atoms with E-state index in [1.165, 1.54) is 30.0 Å². The first-order chi connectivity index (χ1) is 17.2. The van der Waals surface area contributed by atoms with Gasteiger partial charge in [-0.2, -0.15) is 0 Å². The van der Waals surface area contributed by atoms with Crippen LogP contribution in [-0.4, -0.2) is 44.1 Å². The Labute approximate surface area is 217 Å². The molecular weight excluding hydrogens is 498 g/mol. The molecule has 2 aliphatic carbocycles. The molecule has 10 heteroatoms. The maximum Gasteiger partial charge on any atom is 0.243 e. The van der Waals surface area contributed by atoms with E-state index in [-0.39, 0.29) is 40.9 Å². The van der Waals surface area contributed by atoms with Crippen molar-refractivity contribution in [1.29, 1.82) is 0 Å². The average molecular weight is 530 g/mol. The average Bonchev–Trinajstić information content (AvgIpc) is 2.82. The summed E-state index contributed by atoms with van der Waals surface area (Å²) in [6.45, 7) is 3.65. The fraction of sp³-hybridized carbons (Fsp3) is 0.462. The number of benzene rings is 1. The monoisotopic (exact) mass is 529 g/mol. The van der Waals surface area contributed by atoms with E-state index in [4.69, 9.17) is 22.1 Å². The van der Waals surface area contributed by atoms with Crippen LogP contribution in [0.5, 0.6) is 0 Å². The number of allylic oxidation sites excluding steroid dienone is 3. The second kappa shape index (κ2) is 9.78. The van der Waals surface area contributed by atoms with Crippen LogP contribution in [0, 0.1) is 5.41 Å². The SMILES string of the molecule is CC12CC(OCCNS(=O)(=O)c3cnc(N)nc3)=CC=C1CCNC2C1(c2ccc(Cl)cc2)CCC1. The summed E-state index contributed by atoms with van der Waals surface area (Å²) in [5.74, 6) is 0.897. The van der Waals surface area contributed by atoms with Crippen LogP contribution in [0.4, 0.5) is 5.95 Å². The highest BCUT2D eigenvalue weighted by atomic mass is 35.5. The van der Waals surface area contributed by atoms with Crippen molar-refractivity contribution in [2.24, 2.45) is 5.41 Å². The third-order valence-corrected chi connectivity index (χ3v) is 9.65. The van der Waals surface area contributed by atoms with Gasteiger partial charge in [-0.25, -0.2) is 23.1 Å². The Kier molecular flexibility index (Phi) is 6.84. The van der Waals surface area contributed by atoms with Crippen molar-refractivity contribution in [2.75, 3.05) is 25.4 Å². The molecule has 2 atom stereocenters. The lowest BCUT2D eigenvalue weighted by Crippen LogP contribution is -2.63. The second-order valence-electron chi connectivity index (χ2n) is 10.1. The summed E-state index contributed by atoms with van der Waals surface area (Å²) in [5.41, 5.74) is 8.21. The highest BCUT2D eigenvalue weighted by Gasteiger charge is 2.55. The van der Waals surface area contributed by atoms with Crippen LogP contribution >= 0.6 is 11.6 Å². The van der Waals surface area contributed by atoms with E-state index >= 15 is 0 Å². The Bertz CT molecular complexity index is 1270. The number of aromatic nitrogens is 2. The van der Waals surface area contributed by atoms with Crippen LogP contribution in [0.2, 0.25) is 5.02 Å². The Morgan fingerprint density at radius 1 is 1.19 bits per heavy atom. The van der Waals surface area contributed by atoms with Gasteiger partial charge in [-0.3, -0.25) is 0 Å².